The van der Waals surface area contributed by atoms with E-state index in [0.717, 1.165) is 0 Å². The number of sulfonamides is 1. The lowest BCUT2D eigenvalue weighted by Crippen LogP contribution is -2.34. The van der Waals surface area contributed by atoms with Crippen LogP contribution in [0.15, 0.2) is 0 Å². The van der Waals surface area contributed by atoms with Crippen molar-refractivity contribution in [3.63, 3.8) is 0 Å². The molecule has 0 aromatic carbocycles. The Morgan fingerprint density at radius 3 is 2.36 bits per heavy atom. The van der Waals surface area contributed by atoms with Gasteiger partial charge in [-0.25, -0.2) is 13.1 Å². The summed E-state index contributed by atoms with van der Waals surface area (Å²) < 4.78 is 24.9. The molecule has 0 aliphatic heterocycles. The second kappa shape index (κ2) is 5.98. The quantitative estimate of drug-likeness (QED) is 0.655. The molecule has 0 radical (unpaired) electrons. The molecule has 2 N–H and O–H groups in total. The molecule has 0 aromatic rings. The lowest BCUT2D eigenvalue weighted by atomic mass is 10.4. The minimum Gasteiger partial charge on any atom is -0.356 e. The van der Waals surface area contributed by atoms with Gasteiger partial charge in [-0.15, -0.1) is 0 Å². The fourth-order valence-corrected chi connectivity index (χ4v) is 2.22. The highest BCUT2D eigenvalue weighted by Crippen LogP contribution is 1.92. The van der Waals surface area contributed by atoms with Crippen molar-refractivity contribution < 1.29 is 13.2 Å². The van der Waals surface area contributed by atoms with Gasteiger partial charge in [-0.3, -0.25) is 4.79 Å². The average Bonchev–Trinajstić information content (AvgIpc) is 1.99. The van der Waals surface area contributed by atoms with Gasteiger partial charge in [0, 0.05) is 19.0 Å². The van der Waals surface area contributed by atoms with Crippen LogP contribution in [0, 0.1) is 0 Å². The van der Waals surface area contributed by atoms with Crippen molar-refractivity contribution in [2.45, 2.75) is 33.2 Å². The molecule has 0 saturated carbocycles. The molecule has 0 unspecified atom stereocenters. The summed E-state index contributed by atoms with van der Waals surface area (Å²) in [6.07, 6.45) is 0.00981. The maximum Gasteiger partial charge on any atom is 0.221 e. The number of rotatable bonds is 6. The maximum atomic E-state index is 11.3. The van der Waals surface area contributed by atoms with E-state index in [1.54, 1.807) is 20.8 Å². The Kier molecular flexibility index (Phi) is 5.71. The number of carbonyl (C=O) groups excluding carboxylic acids is 1. The maximum absolute atomic E-state index is 11.3. The summed E-state index contributed by atoms with van der Waals surface area (Å²) in [4.78, 5) is 11.0. The van der Waals surface area contributed by atoms with E-state index in [0.29, 0.717) is 6.54 Å². The van der Waals surface area contributed by atoms with Crippen molar-refractivity contribution in [3.8, 4) is 0 Å². The second-order valence-electron chi connectivity index (χ2n) is 3.29. The molecule has 0 spiro atoms. The molecule has 1 amide bonds. The van der Waals surface area contributed by atoms with Gasteiger partial charge in [0.25, 0.3) is 0 Å². The fraction of sp³-hybridized carbons (Fsp3) is 0.875. The van der Waals surface area contributed by atoms with E-state index in [9.17, 15) is 13.2 Å². The highest BCUT2D eigenvalue weighted by Gasteiger charge is 2.13. The summed E-state index contributed by atoms with van der Waals surface area (Å²) in [5.74, 6) is -0.390. The van der Waals surface area contributed by atoms with Crippen LogP contribution in [0.1, 0.15) is 27.2 Å². The van der Waals surface area contributed by atoms with E-state index in [4.69, 9.17) is 0 Å². The predicted octanol–water partition coefficient (Wildman–Crippen LogP) is -0.160. The van der Waals surface area contributed by atoms with E-state index in [1.165, 1.54) is 0 Å². The minimum absolute atomic E-state index is 0.00981. The van der Waals surface area contributed by atoms with Gasteiger partial charge in [0.05, 0.1) is 5.75 Å². The van der Waals surface area contributed by atoms with E-state index in [1.807, 2.05) is 0 Å². The zero-order chi connectivity index (χ0) is 11.2. The summed E-state index contributed by atoms with van der Waals surface area (Å²) in [7, 11) is -3.31. The van der Waals surface area contributed by atoms with E-state index < -0.39 is 10.0 Å². The zero-order valence-electron chi connectivity index (χ0n) is 8.83. The van der Waals surface area contributed by atoms with Gasteiger partial charge in [-0.1, -0.05) is 0 Å². The summed E-state index contributed by atoms with van der Waals surface area (Å²) >= 11 is 0. The van der Waals surface area contributed by atoms with Gasteiger partial charge in [-0.2, -0.15) is 0 Å². The Labute approximate surface area is 85.3 Å². The van der Waals surface area contributed by atoms with Crippen molar-refractivity contribution in [2.75, 3.05) is 12.3 Å². The van der Waals surface area contributed by atoms with Gasteiger partial charge in [0.15, 0.2) is 0 Å². The van der Waals surface area contributed by atoms with Crippen LogP contribution in [0.25, 0.3) is 0 Å². The number of nitrogens with one attached hydrogen (secondary N) is 2. The Morgan fingerprint density at radius 2 is 1.93 bits per heavy atom. The number of amides is 1. The SMILES string of the molecule is CCNC(=O)CCS(=O)(=O)NC(C)C. The van der Waals surface area contributed by atoms with Gasteiger partial charge >= 0.3 is 0 Å². The molecule has 5 nitrogen and oxygen atoms in total. The third-order valence-corrected chi connectivity index (χ3v) is 2.96. The minimum atomic E-state index is -3.31. The average molecular weight is 222 g/mol. The molecule has 0 bridgehead atoms. The topological polar surface area (TPSA) is 75.3 Å². The van der Waals surface area contributed by atoms with Crippen molar-refractivity contribution in [3.05, 3.63) is 0 Å². The van der Waals surface area contributed by atoms with Crippen molar-refractivity contribution in [1.29, 1.82) is 0 Å². The van der Waals surface area contributed by atoms with E-state index >= 15 is 0 Å². The van der Waals surface area contributed by atoms with Crippen LogP contribution in [0.3, 0.4) is 0 Å². The fourth-order valence-electron chi connectivity index (χ4n) is 0.931. The lowest BCUT2D eigenvalue weighted by molar-refractivity contribution is -0.120. The Morgan fingerprint density at radius 1 is 1.36 bits per heavy atom. The van der Waals surface area contributed by atoms with Crippen LogP contribution in [0.2, 0.25) is 0 Å². The highest BCUT2D eigenvalue weighted by atomic mass is 32.2. The van der Waals surface area contributed by atoms with E-state index in [2.05, 4.69) is 10.0 Å². The van der Waals surface area contributed by atoms with Gasteiger partial charge in [0.2, 0.25) is 15.9 Å². The van der Waals surface area contributed by atoms with E-state index in [-0.39, 0.29) is 24.1 Å². The van der Waals surface area contributed by atoms with Crippen molar-refractivity contribution in [2.24, 2.45) is 0 Å². The summed E-state index contributed by atoms with van der Waals surface area (Å²) in [6, 6.07) is -0.130. The number of hydrogen-bond acceptors (Lipinski definition) is 3. The molecular weight excluding hydrogens is 204 g/mol. The van der Waals surface area contributed by atoms with Crippen LogP contribution in [-0.4, -0.2) is 32.7 Å². The van der Waals surface area contributed by atoms with Crippen LogP contribution in [0.4, 0.5) is 0 Å². The smallest absolute Gasteiger partial charge is 0.221 e. The predicted molar refractivity (Wildman–Crippen MR) is 55.4 cm³/mol. The monoisotopic (exact) mass is 222 g/mol. The van der Waals surface area contributed by atoms with Crippen LogP contribution in [-0.2, 0) is 14.8 Å². The van der Waals surface area contributed by atoms with Gasteiger partial charge in [0.1, 0.15) is 0 Å². The molecule has 0 aliphatic carbocycles. The third kappa shape index (κ3) is 6.85. The molecule has 0 aromatic heterocycles. The van der Waals surface area contributed by atoms with Crippen molar-refractivity contribution in [1.82, 2.24) is 10.0 Å². The molecule has 6 heteroatoms. The Balaban J connectivity index is 3.94. The first-order valence-corrected chi connectivity index (χ1v) is 6.29. The second-order valence-corrected chi connectivity index (χ2v) is 5.17. The van der Waals surface area contributed by atoms with Crippen LogP contribution in [0.5, 0.6) is 0 Å². The molecular formula is C8H18N2O3S. The summed E-state index contributed by atoms with van der Waals surface area (Å²) in [5, 5.41) is 2.54. The Hall–Kier alpha value is -0.620. The van der Waals surface area contributed by atoms with Crippen LogP contribution >= 0.6 is 0 Å². The standard InChI is InChI=1S/C8H18N2O3S/c1-4-9-8(11)5-6-14(12,13)10-7(2)3/h7,10H,4-6H2,1-3H3,(H,9,11). The summed E-state index contributed by atoms with van der Waals surface area (Å²) in [5.41, 5.74) is 0. The van der Waals surface area contributed by atoms with Crippen molar-refractivity contribution >= 4 is 15.9 Å². The van der Waals surface area contributed by atoms with Crippen LogP contribution < -0.4 is 10.0 Å². The molecule has 0 saturated heterocycles. The summed E-state index contributed by atoms with van der Waals surface area (Å²) in [6.45, 7) is 5.79. The first-order chi connectivity index (χ1) is 6.37. The largest absolute Gasteiger partial charge is 0.356 e. The molecule has 0 aliphatic rings. The molecule has 0 fully saturated rings. The zero-order valence-corrected chi connectivity index (χ0v) is 9.65. The first kappa shape index (κ1) is 13.4. The first-order valence-electron chi connectivity index (χ1n) is 4.64. The molecule has 0 rings (SSSR count). The third-order valence-electron chi connectivity index (χ3n) is 1.39. The van der Waals surface area contributed by atoms with Gasteiger partial charge < -0.3 is 5.32 Å². The Bertz CT molecular complexity index is 272. The lowest BCUT2D eigenvalue weighted by Gasteiger charge is -2.08. The number of carbonyl (C=O) groups is 1. The molecule has 0 heterocycles. The molecule has 84 valence electrons. The highest BCUT2D eigenvalue weighted by molar-refractivity contribution is 7.89. The number of hydrogen-bond donors (Lipinski definition) is 2. The normalized spacial score (nSPS) is 11.7. The molecule has 14 heavy (non-hydrogen) atoms. The van der Waals surface area contributed by atoms with Gasteiger partial charge in [-0.05, 0) is 20.8 Å². The molecule has 0 atom stereocenters.